The number of hydrogen-bond donors (Lipinski definition) is 1. The Morgan fingerprint density at radius 1 is 1.27 bits per heavy atom. The minimum atomic E-state index is -0.189. The summed E-state index contributed by atoms with van der Waals surface area (Å²) in [4.78, 5) is 0. The van der Waals surface area contributed by atoms with Crippen molar-refractivity contribution in [3.8, 4) is 0 Å². The molecule has 0 saturated heterocycles. The lowest BCUT2D eigenvalue weighted by Gasteiger charge is -2.17. The Hall–Kier alpha value is -0.940. The van der Waals surface area contributed by atoms with Crippen LogP contribution in [0.1, 0.15) is 39.0 Å². The molecule has 1 aromatic heterocycles. The van der Waals surface area contributed by atoms with Gasteiger partial charge in [0.2, 0.25) is 11.8 Å². The standard InChI is InChI=1S/C10H19N3O2/c1-10(2,3)14-7-9-13-12-8(15-9)5-4-6-11/h4-7,11H2,1-3H3. The van der Waals surface area contributed by atoms with Gasteiger partial charge >= 0.3 is 0 Å². The zero-order valence-corrected chi connectivity index (χ0v) is 9.62. The summed E-state index contributed by atoms with van der Waals surface area (Å²) in [6.07, 6.45) is 1.60. The summed E-state index contributed by atoms with van der Waals surface area (Å²) in [6.45, 7) is 6.95. The summed E-state index contributed by atoms with van der Waals surface area (Å²) >= 11 is 0. The minimum absolute atomic E-state index is 0.189. The first-order chi connectivity index (χ1) is 7.01. The van der Waals surface area contributed by atoms with Gasteiger partial charge in [0.25, 0.3) is 0 Å². The maximum absolute atomic E-state index is 5.51. The quantitative estimate of drug-likeness (QED) is 0.797. The van der Waals surface area contributed by atoms with Gasteiger partial charge in [-0.05, 0) is 33.7 Å². The number of hydrogen-bond acceptors (Lipinski definition) is 5. The molecule has 0 aliphatic carbocycles. The van der Waals surface area contributed by atoms with E-state index in [1.54, 1.807) is 0 Å². The molecule has 15 heavy (non-hydrogen) atoms. The summed E-state index contributed by atoms with van der Waals surface area (Å²) in [7, 11) is 0. The third kappa shape index (κ3) is 4.90. The van der Waals surface area contributed by atoms with Crippen LogP contribution in [0.3, 0.4) is 0 Å². The van der Waals surface area contributed by atoms with Crippen LogP contribution < -0.4 is 5.73 Å². The lowest BCUT2D eigenvalue weighted by Crippen LogP contribution is -2.18. The van der Waals surface area contributed by atoms with E-state index in [1.807, 2.05) is 20.8 Å². The molecular weight excluding hydrogens is 194 g/mol. The highest BCUT2D eigenvalue weighted by Gasteiger charge is 2.13. The van der Waals surface area contributed by atoms with Gasteiger partial charge in [-0.15, -0.1) is 10.2 Å². The number of nitrogens with two attached hydrogens (primary N) is 1. The number of nitrogens with zero attached hydrogens (tertiary/aromatic N) is 2. The fourth-order valence-electron chi connectivity index (χ4n) is 0.979. The predicted molar refractivity (Wildman–Crippen MR) is 56.2 cm³/mol. The summed E-state index contributed by atoms with van der Waals surface area (Å²) in [5, 5.41) is 7.79. The van der Waals surface area contributed by atoms with Crippen molar-refractivity contribution < 1.29 is 9.15 Å². The first-order valence-corrected chi connectivity index (χ1v) is 5.16. The molecule has 0 spiro atoms. The van der Waals surface area contributed by atoms with E-state index >= 15 is 0 Å². The third-order valence-electron chi connectivity index (χ3n) is 1.73. The summed E-state index contributed by atoms with van der Waals surface area (Å²) in [5.74, 6) is 1.16. The molecule has 0 amide bonds. The van der Waals surface area contributed by atoms with Crippen molar-refractivity contribution in [1.82, 2.24) is 10.2 Å². The zero-order valence-electron chi connectivity index (χ0n) is 9.62. The third-order valence-corrected chi connectivity index (χ3v) is 1.73. The summed E-state index contributed by atoms with van der Waals surface area (Å²) in [6, 6.07) is 0. The molecule has 0 aliphatic heterocycles. The minimum Gasteiger partial charge on any atom is -0.423 e. The van der Waals surface area contributed by atoms with E-state index in [4.69, 9.17) is 14.9 Å². The second kappa shape index (κ2) is 5.23. The molecule has 0 aromatic carbocycles. The highest BCUT2D eigenvalue weighted by atomic mass is 16.5. The summed E-state index contributed by atoms with van der Waals surface area (Å²) in [5.41, 5.74) is 5.20. The molecule has 2 N–H and O–H groups in total. The van der Waals surface area contributed by atoms with Crippen LogP contribution in [-0.2, 0) is 17.8 Å². The van der Waals surface area contributed by atoms with Crippen molar-refractivity contribution in [2.75, 3.05) is 6.54 Å². The van der Waals surface area contributed by atoms with Gasteiger partial charge < -0.3 is 14.9 Å². The van der Waals surface area contributed by atoms with Crippen LogP contribution in [0, 0.1) is 0 Å². The summed E-state index contributed by atoms with van der Waals surface area (Å²) < 4.78 is 10.9. The fourth-order valence-corrected chi connectivity index (χ4v) is 0.979. The van der Waals surface area contributed by atoms with Crippen LogP contribution in [0.2, 0.25) is 0 Å². The Morgan fingerprint density at radius 3 is 2.53 bits per heavy atom. The molecule has 0 unspecified atom stereocenters. The maximum atomic E-state index is 5.51. The highest BCUT2D eigenvalue weighted by molar-refractivity contribution is 4.81. The van der Waals surface area contributed by atoms with Crippen LogP contribution in [0.15, 0.2) is 4.42 Å². The molecule has 1 heterocycles. The molecule has 0 fully saturated rings. The Balaban J connectivity index is 2.39. The van der Waals surface area contributed by atoms with Crippen molar-refractivity contribution in [1.29, 1.82) is 0 Å². The number of aryl methyl sites for hydroxylation is 1. The molecule has 0 aliphatic rings. The van der Waals surface area contributed by atoms with E-state index in [-0.39, 0.29) is 5.60 Å². The van der Waals surface area contributed by atoms with E-state index < -0.39 is 0 Å². The molecule has 1 rings (SSSR count). The normalized spacial score (nSPS) is 12.0. The Morgan fingerprint density at radius 2 is 1.93 bits per heavy atom. The maximum Gasteiger partial charge on any atom is 0.242 e. The number of ether oxygens (including phenoxy) is 1. The van der Waals surface area contributed by atoms with E-state index in [0.29, 0.717) is 24.9 Å². The lowest BCUT2D eigenvalue weighted by molar-refractivity contribution is -0.0247. The van der Waals surface area contributed by atoms with Gasteiger partial charge in [-0.2, -0.15) is 0 Å². The van der Waals surface area contributed by atoms with Crippen molar-refractivity contribution in [3.63, 3.8) is 0 Å². The van der Waals surface area contributed by atoms with Gasteiger partial charge in [-0.1, -0.05) is 0 Å². The number of rotatable bonds is 5. The average molecular weight is 213 g/mol. The first kappa shape index (κ1) is 12.1. The molecule has 0 radical (unpaired) electrons. The SMILES string of the molecule is CC(C)(C)OCc1nnc(CCCN)o1. The molecule has 0 atom stereocenters. The van der Waals surface area contributed by atoms with Crippen molar-refractivity contribution in [2.24, 2.45) is 5.73 Å². The Labute approximate surface area is 90.0 Å². The topological polar surface area (TPSA) is 74.2 Å². The van der Waals surface area contributed by atoms with Crippen LogP contribution in [0.4, 0.5) is 0 Å². The van der Waals surface area contributed by atoms with E-state index in [9.17, 15) is 0 Å². The van der Waals surface area contributed by atoms with Gasteiger partial charge in [-0.3, -0.25) is 0 Å². The van der Waals surface area contributed by atoms with Gasteiger partial charge in [0, 0.05) is 6.42 Å². The second-order valence-corrected chi connectivity index (χ2v) is 4.38. The average Bonchev–Trinajstić information content (AvgIpc) is 2.58. The first-order valence-electron chi connectivity index (χ1n) is 5.16. The van der Waals surface area contributed by atoms with Crippen LogP contribution in [-0.4, -0.2) is 22.3 Å². The Kier molecular flexibility index (Phi) is 4.23. The van der Waals surface area contributed by atoms with Crippen molar-refractivity contribution >= 4 is 0 Å². The molecule has 0 bridgehead atoms. The largest absolute Gasteiger partial charge is 0.423 e. The molecule has 0 saturated carbocycles. The van der Waals surface area contributed by atoms with Gasteiger partial charge in [-0.25, -0.2) is 0 Å². The zero-order chi connectivity index (χ0) is 11.3. The van der Waals surface area contributed by atoms with Gasteiger partial charge in [0.15, 0.2) is 0 Å². The monoisotopic (exact) mass is 213 g/mol. The van der Waals surface area contributed by atoms with Crippen LogP contribution in [0.25, 0.3) is 0 Å². The fraction of sp³-hybridized carbons (Fsp3) is 0.800. The van der Waals surface area contributed by atoms with Crippen molar-refractivity contribution in [2.45, 2.75) is 45.8 Å². The van der Waals surface area contributed by atoms with E-state index in [0.717, 1.165) is 12.8 Å². The van der Waals surface area contributed by atoms with Gasteiger partial charge in [0.05, 0.1) is 5.60 Å². The highest BCUT2D eigenvalue weighted by Crippen LogP contribution is 2.11. The van der Waals surface area contributed by atoms with Crippen LogP contribution >= 0.6 is 0 Å². The van der Waals surface area contributed by atoms with Gasteiger partial charge in [0.1, 0.15) is 6.61 Å². The predicted octanol–water partition coefficient (Wildman–Crippen LogP) is 1.28. The van der Waals surface area contributed by atoms with Crippen molar-refractivity contribution in [3.05, 3.63) is 11.8 Å². The molecule has 5 heteroatoms. The molecule has 1 aromatic rings. The Bertz CT molecular complexity index is 291. The molecule has 5 nitrogen and oxygen atoms in total. The van der Waals surface area contributed by atoms with E-state index in [1.165, 1.54) is 0 Å². The second-order valence-electron chi connectivity index (χ2n) is 4.38. The van der Waals surface area contributed by atoms with Crippen LogP contribution in [0.5, 0.6) is 0 Å². The number of aromatic nitrogens is 2. The molecule has 86 valence electrons. The lowest BCUT2D eigenvalue weighted by atomic mass is 10.2. The smallest absolute Gasteiger partial charge is 0.242 e. The molecular formula is C10H19N3O2. The van der Waals surface area contributed by atoms with E-state index in [2.05, 4.69) is 10.2 Å².